The molecule has 0 spiro atoms. The zero-order valence-corrected chi connectivity index (χ0v) is 14.8. The summed E-state index contributed by atoms with van der Waals surface area (Å²) in [4.78, 5) is 60.8. The van der Waals surface area contributed by atoms with Crippen molar-refractivity contribution < 1.29 is 24.0 Å². The second-order valence-electron chi connectivity index (χ2n) is 5.95. The van der Waals surface area contributed by atoms with Gasteiger partial charge in [0, 0.05) is 12.2 Å². The number of nitrogens with zero attached hydrogens (tertiary/aromatic N) is 2. The molecule has 1 saturated heterocycles. The van der Waals surface area contributed by atoms with E-state index in [1.807, 2.05) is 18.3 Å². The molecule has 0 saturated carbocycles. The largest absolute Gasteiger partial charge is 0.334 e. The predicted molar refractivity (Wildman–Crippen MR) is 92.2 cm³/mol. The summed E-state index contributed by atoms with van der Waals surface area (Å²) < 4.78 is 0. The van der Waals surface area contributed by atoms with Gasteiger partial charge in [-0.15, -0.1) is 0 Å². The molecule has 9 heteroatoms. The van der Waals surface area contributed by atoms with Gasteiger partial charge in [0.25, 0.3) is 0 Å². The van der Waals surface area contributed by atoms with Crippen LogP contribution in [0.2, 0.25) is 0 Å². The molecule has 0 unspecified atom stereocenters. The molecule has 0 aromatic heterocycles. The lowest BCUT2D eigenvalue weighted by Gasteiger charge is -2.15. The highest BCUT2D eigenvalue weighted by molar-refractivity contribution is 6.45. The Kier molecular flexibility index (Phi) is 5.71. The summed E-state index contributed by atoms with van der Waals surface area (Å²) in [6.07, 6.45) is 0.489. The van der Waals surface area contributed by atoms with Gasteiger partial charge in [0.05, 0.1) is 0 Å². The topological polar surface area (TPSA) is 116 Å². The third kappa shape index (κ3) is 4.05. The highest BCUT2D eigenvalue weighted by Gasteiger charge is 2.44. The number of hydrogen-bond donors (Lipinski definition) is 2. The Labute approximate surface area is 150 Å². The van der Waals surface area contributed by atoms with E-state index >= 15 is 0 Å². The van der Waals surface area contributed by atoms with E-state index in [2.05, 4.69) is 5.32 Å². The smallest absolute Gasteiger partial charge is 0.307 e. The highest BCUT2D eigenvalue weighted by atomic mass is 16.2. The number of benzene rings is 1. The van der Waals surface area contributed by atoms with Crippen molar-refractivity contribution in [2.45, 2.75) is 27.2 Å². The van der Waals surface area contributed by atoms with Gasteiger partial charge in [-0.1, -0.05) is 24.6 Å². The molecule has 1 aromatic rings. The summed E-state index contributed by atoms with van der Waals surface area (Å²) in [5.41, 5.74) is 2.37. The summed E-state index contributed by atoms with van der Waals surface area (Å²) in [7, 11) is 0. The fourth-order valence-corrected chi connectivity index (χ4v) is 2.53. The molecule has 0 aliphatic carbocycles. The molecule has 26 heavy (non-hydrogen) atoms. The number of aryl methyl sites for hydroxylation is 2. The number of amides is 7. The molecule has 7 amide bonds. The first-order valence-electron chi connectivity index (χ1n) is 8.10. The maximum absolute atomic E-state index is 12.0. The number of anilines is 1. The minimum atomic E-state index is -1.08. The van der Waals surface area contributed by atoms with E-state index in [0.29, 0.717) is 17.0 Å². The van der Waals surface area contributed by atoms with E-state index in [1.165, 1.54) is 0 Å². The van der Waals surface area contributed by atoms with Crippen molar-refractivity contribution >= 4 is 35.5 Å². The fraction of sp³-hybridized carbons (Fsp3) is 0.353. The van der Waals surface area contributed by atoms with Crippen molar-refractivity contribution in [3.05, 3.63) is 29.3 Å². The molecule has 1 aliphatic heterocycles. The quantitative estimate of drug-likeness (QED) is 0.604. The van der Waals surface area contributed by atoms with Gasteiger partial charge in [-0.25, -0.2) is 14.5 Å². The summed E-state index contributed by atoms with van der Waals surface area (Å²) in [5, 5.41) is 4.55. The fourth-order valence-electron chi connectivity index (χ4n) is 2.53. The molecular formula is C17H20N4O5. The summed E-state index contributed by atoms with van der Waals surface area (Å²) >= 11 is 0. The first-order chi connectivity index (χ1) is 12.2. The van der Waals surface area contributed by atoms with Gasteiger partial charge < -0.3 is 5.32 Å². The van der Waals surface area contributed by atoms with Crippen LogP contribution in [0.4, 0.5) is 15.3 Å². The Hall–Kier alpha value is -3.23. The minimum absolute atomic E-state index is 0.0920. The number of rotatable bonds is 5. The maximum Gasteiger partial charge on any atom is 0.334 e. The maximum atomic E-state index is 12.0. The van der Waals surface area contributed by atoms with E-state index in [4.69, 9.17) is 0 Å². The molecule has 1 aromatic carbocycles. The molecule has 1 fully saturated rings. The van der Waals surface area contributed by atoms with Crippen molar-refractivity contribution in [1.82, 2.24) is 15.1 Å². The highest BCUT2D eigenvalue weighted by Crippen LogP contribution is 2.16. The predicted octanol–water partition coefficient (Wildman–Crippen LogP) is 1.15. The van der Waals surface area contributed by atoms with Crippen molar-refractivity contribution in [3.63, 3.8) is 0 Å². The number of nitrogens with one attached hydrogen (secondary N) is 2. The Morgan fingerprint density at radius 1 is 1.04 bits per heavy atom. The van der Waals surface area contributed by atoms with Crippen molar-refractivity contribution in [2.75, 3.05) is 18.4 Å². The zero-order chi connectivity index (χ0) is 19.4. The Bertz CT molecular complexity index is 789. The molecule has 0 atom stereocenters. The lowest BCUT2D eigenvalue weighted by atomic mass is 10.1. The van der Waals surface area contributed by atoms with Gasteiger partial charge >= 0.3 is 23.9 Å². The third-order valence-electron chi connectivity index (χ3n) is 3.77. The van der Waals surface area contributed by atoms with Crippen LogP contribution in [0.3, 0.4) is 0 Å². The molecular weight excluding hydrogens is 340 g/mol. The van der Waals surface area contributed by atoms with Gasteiger partial charge in [0.15, 0.2) is 0 Å². The SMILES string of the molecule is CCCN1C(=O)C(=O)N(CC(=O)NC(=O)Nc2ccc(C)cc2C)C1=O. The first kappa shape index (κ1) is 19.1. The van der Waals surface area contributed by atoms with E-state index in [9.17, 15) is 24.0 Å². The Balaban J connectivity index is 1.95. The monoisotopic (exact) mass is 360 g/mol. The van der Waals surface area contributed by atoms with Crippen molar-refractivity contribution in [2.24, 2.45) is 0 Å². The molecule has 138 valence electrons. The Morgan fingerprint density at radius 2 is 1.69 bits per heavy atom. The van der Waals surface area contributed by atoms with Crippen LogP contribution in [0.1, 0.15) is 24.5 Å². The summed E-state index contributed by atoms with van der Waals surface area (Å²) in [5.74, 6) is -2.92. The van der Waals surface area contributed by atoms with Crippen molar-refractivity contribution in [3.8, 4) is 0 Å². The normalized spacial score (nSPS) is 14.0. The average Bonchev–Trinajstić information content (AvgIpc) is 2.75. The van der Waals surface area contributed by atoms with Gasteiger partial charge in [-0.3, -0.25) is 24.6 Å². The number of carbonyl (C=O) groups is 5. The van der Waals surface area contributed by atoms with Crippen LogP contribution in [0, 0.1) is 13.8 Å². The lowest BCUT2D eigenvalue weighted by Crippen LogP contribution is -2.44. The molecule has 0 radical (unpaired) electrons. The van der Waals surface area contributed by atoms with E-state index in [0.717, 1.165) is 16.0 Å². The second kappa shape index (κ2) is 7.77. The molecule has 9 nitrogen and oxygen atoms in total. The minimum Gasteiger partial charge on any atom is -0.307 e. The molecule has 2 rings (SSSR count). The van der Waals surface area contributed by atoms with Crippen LogP contribution in [0.25, 0.3) is 0 Å². The van der Waals surface area contributed by atoms with Crippen molar-refractivity contribution in [1.29, 1.82) is 0 Å². The van der Waals surface area contributed by atoms with E-state index in [-0.39, 0.29) is 6.54 Å². The third-order valence-corrected chi connectivity index (χ3v) is 3.77. The van der Waals surface area contributed by atoms with E-state index < -0.39 is 36.3 Å². The first-order valence-corrected chi connectivity index (χ1v) is 8.10. The molecule has 0 bridgehead atoms. The molecule has 1 aliphatic rings. The second-order valence-corrected chi connectivity index (χ2v) is 5.95. The Morgan fingerprint density at radius 3 is 2.31 bits per heavy atom. The number of carbonyl (C=O) groups excluding carboxylic acids is 5. The van der Waals surface area contributed by atoms with Gasteiger partial charge in [0.1, 0.15) is 6.54 Å². The van der Waals surface area contributed by atoms with Gasteiger partial charge in [0.2, 0.25) is 5.91 Å². The van der Waals surface area contributed by atoms with Crippen LogP contribution < -0.4 is 10.6 Å². The number of urea groups is 2. The number of imide groups is 3. The van der Waals surface area contributed by atoms with E-state index in [1.54, 1.807) is 26.0 Å². The van der Waals surface area contributed by atoms with Crippen LogP contribution in [0.5, 0.6) is 0 Å². The summed E-state index contributed by atoms with van der Waals surface area (Å²) in [6.45, 7) is 4.85. The van der Waals surface area contributed by atoms with Gasteiger partial charge in [-0.2, -0.15) is 0 Å². The average molecular weight is 360 g/mol. The van der Waals surface area contributed by atoms with Crippen LogP contribution >= 0.6 is 0 Å². The van der Waals surface area contributed by atoms with Crippen LogP contribution in [-0.4, -0.2) is 52.7 Å². The lowest BCUT2D eigenvalue weighted by molar-refractivity contribution is -0.143. The summed E-state index contributed by atoms with van der Waals surface area (Å²) in [6, 6.07) is 3.72. The zero-order valence-electron chi connectivity index (χ0n) is 14.8. The van der Waals surface area contributed by atoms with Gasteiger partial charge in [-0.05, 0) is 31.9 Å². The molecule has 1 heterocycles. The standard InChI is InChI=1S/C17H20N4O5/c1-4-7-20-14(23)15(24)21(17(20)26)9-13(22)19-16(25)18-12-6-5-10(2)8-11(12)3/h5-6,8H,4,7,9H2,1-3H3,(H2,18,19,22,25). The number of hydrogen-bond acceptors (Lipinski definition) is 5. The van der Waals surface area contributed by atoms with Crippen LogP contribution in [0.15, 0.2) is 18.2 Å². The molecule has 2 N–H and O–H groups in total. The van der Waals surface area contributed by atoms with Crippen LogP contribution in [-0.2, 0) is 14.4 Å².